The fraction of sp³-hybridized carbons (Fsp3) is 0.885. The summed E-state index contributed by atoms with van der Waals surface area (Å²) in [5, 5.41) is 2.98. The molecule has 3 heteroatoms. The van der Waals surface area contributed by atoms with Gasteiger partial charge in [-0.2, -0.15) is 0 Å². The van der Waals surface area contributed by atoms with Crippen molar-refractivity contribution in [2.45, 2.75) is 129 Å². The number of carbonyl (C=O) groups is 1. The highest BCUT2D eigenvalue weighted by Crippen LogP contribution is 2.12. The summed E-state index contributed by atoms with van der Waals surface area (Å²) in [6.45, 7) is 6.00. The molecule has 0 aromatic heterocycles. The summed E-state index contributed by atoms with van der Waals surface area (Å²) >= 11 is 0. The summed E-state index contributed by atoms with van der Waals surface area (Å²) in [5.74, 6) is -0.125. The van der Waals surface area contributed by atoms with Crippen molar-refractivity contribution in [3.05, 3.63) is 12.2 Å². The van der Waals surface area contributed by atoms with Gasteiger partial charge in [-0.05, 0) is 38.6 Å². The zero-order valence-electron chi connectivity index (χ0n) is 19.8. The smallest absolute Gasteiger partial charge is 0.319 e. The van der Waals surface area contributed by atoms with Crippen molar-refractivity contribution in [3.63, 3.8) is 0 Å². The Labute approximate surface area is 182 Å². The molecule has 0 saturated heterocycles. The molecule has 0 aromatic carbocycles. The maximum Gasteiger partial charge on any atom is 0.319 e. The Morgan fingerprint density at radius 1 is 0.655 bits per heavy atom. The van der Waals surface area contributed by atoms with E-state index in [2.05, 4.69) is 24.4 Å². The van der Waals surface area contributed by atoms with E-state index < -0.39 is 0 Å². The first kappa shape index (κ1) is 28.2. The molecule has 0 amide bonds. The van der Waals surface area contributed by atoms with Crippen molar-refractivity contribution in [1.29, 1.82) is 0 Å². The number of likely N-dealkylation sites (N-methyl/N-ethyl adjacent to an activating group) is 1. The van der Waals surface area contributed by atoms with E-state index in [4.69, 9.17) is 4.74 Å². The van der Waals surface area contributed by atoms with Crippen LogP contribution >= 0.6 is 0 Å². The van der Waals surface area contributed by atoms with Gasteiger partial charge in [-0.15, -0.1) is 0 Å². The van der Waals surface area contributed by atoms with E-state index >= 15 is 0 Å². The highest BCUT2D eigenvalue weighted by Gasteiger charge is 2.00. The molecule has 0 atom stereocenters. The van der Waals surface area contributed by atoms with Gasteiger partial charge in [-0.3, -0.25) is 4.79 Å². The fourth-order valence-electron chi connectivity index (χ4n) is 3.52. The largest absolute Gasteiger partial charge is 0.465 e. The van der Waals surface area contributed by atoms with Crippen molar-refractivity contribution in [2.24, 2.45) is 0 Å². The molecule has 0 saturated carbocycles. The normalized spacial score (nSPS) is 11.4. The minimum atomic E-state index is -0.125. The topological polar surface area (TPSA) is 38.3 Å². The van der Waals surface area contributed by atoms with Gasteiger partial charge in [0.05, 0.1) is 13.2 Å². The lowest BCUT2D eigenvalue weighted by atomic mass is 10.1. The number of esters is 1. The average molecular weight is 410 g/mol. The highest BCUT2D eigenvalue weighted by molar-refractivity contribution is 5.71. The number of nitrogens with one attached hydrogen (secondary N) is 1. The number of ether oxygens (including phenoxy) is 1. The van der Waals surface area contributed by atoms with Crippen molar-refractivity contribution in [3.8, 4) is 0 Å². The van der Waals surface area contributed by atoms with Crippen LogP contribution in [0.3, 0.4) is 0 Å². The lowest BCUT2D eigenvalue weighted by Crippen LogP contribution is -2.24. The lowest BCUT2D eigenvalue weighted by molar-refractivity contribution is -0.142. The molecule has 0 aromatic rings. The second-order valence-corrected chi connectivity index (χ2v) is 8.35. The molecular weight excluding hydrogens is 358 g/mol. The Balaban J connectivity index is 3.11. The van der Waals surface area contributed by atoms with Crippen LogP contribution in [0.5, 0.6) is 0 Å². The molecule has 0 rings (SSSR count). The van der Waals surface area contributed by atoms with Gasteiger partial charge in [0.1, 0.15) is 0 Å². The van der Waals surface area contributed by atoms with Gasteiger partial charge in [0, 0.05) is 0 Å². The summed E-state index contributed by atoms with van der Waals surface area (Å²) in [6.07, 6.45) is 28.8. The Morgan fingerprint density at radius 3 is 1.59 bits per heavy atom. The van der Waals surface area contributed by atoms with E-state index in [1.807, 2.05) is 6.92 Å². The minimum absolute atomic E-state index is 0.125. The van der Waals surface area contributed by atoms with Crippen LogP contribution in [0, 0.1) is 0 Å². The molecule has 0 fully saturated rings. The Morgan fingerprint density at radius 2 is 1.10 bits per heavy atom. The van der Waals surface area contributed by atoms with Crippen molar-refractivity contribution < 1.29 is 9.53 Å². The third-order valence-electron chi connectivity index (χ3n) is 5.44. The molecule has 0 aliphatic heterocycles. The molecular formula is C26H51NO2. The zero-order chi connectivity index (χ0) is 21.3. The van der Waals surface area contributed by atoms with Gasteiger partial charge in [-0.25, -0.2) is 0 Å². The van der Waals surface area contributed by atoms with Crippen LogP contribution in [0.25, 0.3) is 0 Å². The molecule has 0 aliphatic carbocycles. The van der Waals surface area contributed by atoms with Crippen LogP contribution < -0.4 is 5.32 Å². The van der Waals surface area contributed by atoms with Crippen LogP contribution in [0.1, 0.15) is 129 Å². The molecule has 0 heterocycles. The fourth-order valence-corrected chi connectivity index (χ4v) is 3.52. The van der Waals surface area contributed by atoms with Crippen molar-refractivity contribution >= 4 is 5.97 Å². The molecule has 0 bridgehead atoms. The summed E-state index contributed by atoms with van der Waals surface area (Å²) in [6, 6.07) is 0. The van der Waals surface area contributed by atoms with Crippen LogP contribution in [0.4, 0.5) is 0 Å². The van der Waals surface area contributed by atoms with Gasteiger partial charge in [0.15, 0.2) is 0 Å². The third kappa shape index (κ3) is 25.1. The number of unbranched alkanes of at least 4 members (excludes halogenated alkanes) is 16. The first-order valence-corrected chi connectivity index (χ1v) is 12.8. The SMILES string of the molecule is CCCCCCCC/C=C\CCCCCCCCCCCCOC(=O)CNCC. The van der Waals surface area contributed by atoms with Gasteiger partial charge in [-0.1, -0.05) is 109 Å². The van der Waals surface area contributed by atoms with Gasteiger partial charge in [0.25, 0.3) is 0 Å². The molecule has 3 nitrogen and oxygen atoms in total. The molecule has 0 aliphatic rings. The molecule has 0 unspecified atom stereocenters. The second-order valence-electron chi connectivity index (χ2n) is 8.35. The van der Waals surface area contributed by atoms with Gasteiger partial charge >= 0.3 is 5.97 Å². The number of hydrogen-bond acceptors (Lipinski definition) is 3. The first-order valence-electron chi connectivity index (χ1n) is 12.8. The lowest BCUT2D eigenvalue weighted by Gasteiger charge is -2.05. The zero-order valence-corrected chi connectivity index (χ0v) is 19.8. The Kier molecular flexibility index (Phi) is 24.5. The number of hydrogen-bond donors (Lipinski definition) is 1. The first-order chi connectivity index (χ1) is 14.3. The van der Waals surface area contributed by atoms with Crippen LogP contribution in [0.15, 0.2) is 12.2 Å². The Bertz CT molecular complexity index is 355. The quantitative estimate of drug-likeness (QED) is 0.106. The molecule has 172 valence electrons. The van der Waals surface area contributed by atoms with E-state index in [1.165, 1.54) is 109 Å². The molecule has 0 spiro atoms. The van der Waals surface area contributed by atoms with Crippen molar-refractivity contribution in [2.75, 3.05) is 19.7 Å². The van der Waals surface area contributed by atoms with Crippen LogP contribution in [-0.2, 0) is 9.53 Å². The molecule has 1 N–H and O–H groups in total. The van der Waals surface area contributed by atoms with E-state index in [0.29, 0.717) is 13.2 Å². The number of rotatable bonds is 23. The third-order valence-corrected chi connectivity index (χ3v) is 5.44. The highest BCUT2D eigenvalue weighted by atomic mass is 16.5. The maximum absolute atomic E-state index is 11.3. The Hall–Kier alpha value is -0.830. The van der Waals surface area contributed by atoms with Crippen LogP contribution in [0.2, 0.25) is 0 Å². The van der Waals surface area contributed by atoms with Crippen LogP contribution in [-0.4, -0.2) is 25.7 Å². The van der Waals surface area contributed by atoms with Crippen molar-refractivity contribution in [1.82, 2.24) is 5.32 Å². The maximum atomic E-state index is 11.3. The predicted octanol–water partition coefficient (Wildman–Crippen LogP) is 7.74. The molecule has 0 radical (unpaired) electrons. The van der Waals surface area contributed by atoms with E-state index in [0.717, 1.165) is 13.0 Å². The van der Waals surface area contributed by atoms with Gasteiger partial charge in [0.2, 0.25) is 0 Å². The summed E-state index contributed by atoms with van der Waals surface area (Å²) in [4.78, 5) is 11.3. The molecule has 29 heavy (non-hydrogen) atoms. The van der Waals surface area contributed by atoms with E-state index in [-0.39, 0.29) is 5.97 Å². The van der Waals surface area contributed by atoms with E-state index in [9.17, 15) is 4.79 Å². The summed E-state index contributed by atoms with van der Waals surface area (Å²) < 4.78 is 5.17. The second kappa shape index (κ2) is 25.2. The predicted molar refractivity (Wildman–Crippen MR) is 127 cm³/mol. The van der Waals surface area contributed by atoms with Gasteiger partial charge < -0.3 is 10.1 Å². The standard InChI is InChI=1S/C26H51NO2/c1-3-5-6-7-8-9-10-11-12-13-14-15-16-17-18-19-20-21-22-23-24-29-26(28)25-27-4-2/h11-12,27H,3-10,13-25H2,1-2H3/b12-11-. The van der Waals surface area contributed by atoms with E-state index in [1.54, 1.807) is 0 Å². The summed E-state index contributed by atoms with van der Waals surface area (Å²) in [5.41, 5.74) is 0. The minimum Gasteiger partial charge on any atom is -0.465 e. The monoisotopic (exact) mass is 409 g/mol. The average Bonchev–Trinajstić information content (AvgIpc) is 2.73. The number of carbonyl (C=O) groups excluding carboxylic acids is 1. The summed E-state index contributed by atoms with van der Waals surface area (Å²) in [7, 11) is 0. The number of allylic oxidation sites excluding steroid dienone is 2.